The van der Waals surface area contributed by atoms with Crippen molar-refractivity contribution in [1.29, 1.82) is 0 Å². The van der Waals surface area contributed by atoms with Crippen LogP contribution in [0.15, 0.2) is 47.4 Å². The van der Waals surface area contributed by atoms with Crippen LogP contribution >= 0.6 is 0 Å². The van der Waals surface area contributed by atoms with Gasteiger partial charge >= 0.3 is 0 Å². The second-order valence-corrected chi connectivity index (χ2v) is 11.2. The van der Waals surface area contributed by atoms with Crippen molar-refractivity contribution in [3.8, 4) is 11.5 Å². The van der Waals surface area contributed by atoms with E-state index in [4.69, 9.17) is 9.47 Å². The molecule has 1 aromatic heterocycles. The molecule has 1 atom stereocenters. The number of piperidine rings is 1. The molecule has 3 aromatic rings. The Balaban J connectivity index is 1.71. The number of aliphatic hydroxyl groups excluding tert-OH is 1. The van der Waals surface area contributed by atoms with Gasteiger partial charge in [-0.1, -0.05) is 6.07 Å². The lowest BCUT2D eigenvalue weighted by atomic mass is 9.69. The molecule has 182 valence electrons. The maximum absolute atomic E-state index is 14.0. The number of H-pyrrole nitrogens is 1. The van der Waals surface area contributed by atoms with Gasteiger partial charge in [0, 0.05) is 40.7 Å². The number of sulfonamides is 1. The third-order valence-electron chi connectivity index (χ3n) is 7.47. The summed E-state index contributed by atoms with van der Waals surface area (Å²) in [4.78, 5) is 5.91. The molecule has 1 spiro atoms. The fraction of sp³-hybridized carbons (Fsp3) is 0.440. The number of hydrogen-bond donors (Lipinski definition) is 2. The number of aromatic nitrogens is 1. The average molecular weight is 486 g/mol. The maximum atomic E-state index is 14.0. The van der Waals surface area contributed by atoms with Gasteiger partial charge in [-0.15, -0.1) is 0 Å². The molecule has 3 heterocycles. The molecule has 9 heteroatoms. The summed E-state index contributed by atoms with van der Waals surface area (Å²) in [6.07, 6.45) is 1.66. The third kappa shape index (κ3) is 3.58. The van der Waals surface area contributed by atoms with E-state index in [1.165, 1.54) is 17.5 Å². The molecule has 8 nitrogen and oxygen atoms in total. The van der Waals surface area contributed by atoms with E-state index in [1.54, 1.807) is 25.3 Å². The van der Waals surface area contributed by atoms with Gasteiger partial charge in [0.05, 0.1) is 31.8 Å². The molecular formula is C25H31N3O5S. The summed E-state index contributed by atoms with van der Waals surface area (Å²) in [6.45, 7) is 1.74. The van der Waals surface area contributed by atoms with Crippen LogP contribution < -0.4 is 9.47 Å². The molecule has 0 bridgehead atoms. The summed E-state index contributed by atoms with van der Waals surface area (Å²) in [5.74, 6) is 1.20. The number of rotatable bonds is 5. The van der Waals surface area contributed by atoms with Crippen molar-refractivity contribution in [2.24, 2.45) is 0 Å². The standard InChI is InChI=1S/C25H31N3O5S/c1-27-11-9-25(10-12-27)16-28(34(30,31)19-6-4-5-17(13-19)32-2)22(15-29)24-23(25)20-8-7-18(33-3)14-21(20)26-24/h4-8,13-14,22,26,29H,9-12,15-16H2,1-3H3/t22-/m1/s1. The van der Waals surface area contributed by atoms with E-state index in [1.807, 2.05) is 18.2 Å². The van der Waals surface area contributed by atoms with Crippen LogP contribution in [0.2, 0.25) is 0 Å². The number of benzene rings is 2. The Morgan fingerprint density at radius 3 is 2.47 bits per heavy atom. The first kappa shape index (κ1) is 23.2. The van der Waals surface area contributed by atoms with Gasteiger partial charge in [0.15, 0.2) is 0 Å². The van der Waals surface area contributed by atoms with Crippen molar-refractivity contribution in [2.45, 2.75) is 29.2 Å². The van der Waals surface area contributed by atoms with Gasteiger partial charge in [0.1, 0.15) is 11.5 Å². The molecule has 0 unspecified atom stereocenters. The summed E-state index contributed by atoms with van der Waals surface area (Å²) in [6, 6.07) is 11.7. The van der Waals surface area contributed by atoms with Gasteiger partial charge in [-0.25, -0.2) is 8.42 Å². The van der Waals surface area contributed by atoms with Crippen molar-refractivity contribution in [3.05, 3.63) is 53.7 Å². The van der Waals surface area contributed by atoms with Crippen LogP contribution in [-0.4, -0.2) is 75.2 Å². The van der Waals surface area contributed by atoms with E-state index in [2.05, 4.69) is 16.9 Å². The lowest BCUT2D eigenvalue weighted by molar-refractivity contribution is 0.105. The van der Waals surface area contributed by atoms with Crippen LogP contribution in [0.1, 0.15) is 30.1 Å². The van der Waals surface area contributed by atoms with E-state index in [0.29, 0.717) is 12.3 Å². The fourth-order valence-electron chi connectivity index (χ4n) is 5.56. The Kier molecular flexibility index (Phi) is 5.84. The van der Waals surface area contributed by atoms with Crippen molar-refractivity contribution in [3.63, 3.8) is 0 Å². The molecule has 0 aliphatic carbocycles. The van der Waals surface area contributed by atoms with Crippen LogP contribution in [0.4, 0.5) is 0 Å². The van der Waals surface area contributed by atoms with E-state index in [-0.39, 0.29) is 16.9 Å². The Bertz CT molecular complexity index is 1310. The molecule has 0 amide bonds. The highest BCUT2D eigenvalue weighted by Gasteiger charge is 2.50. The number of nitrogens with zero attached hydrogens (tertiary/aromatic N) is 2. The quantitative estimate of drug-likeness (QED) is 0.577. The maximum Gasteiger partial charge on any atom is 0.243 e. The zero-order valence-electron chi connectivity index (χ0n) is 19.7. The summed E-state index contributed by atoms with van der Waals surface area (Å²) >= 11 is 0. The minimum absolute atomic E-state index is 0.162. The Hall–Kier alpha value is -2.59. The van der Waals surface area contributed by atoms with E-state index in [9.17, 15) is 13.5 Å². The van der Waals surface area contributed by atoms with Crippen LogP contribution in [0.5, 0.6) is 11.5 Å². The molecule has 2 aliphatic rings. The largest absolute Gasteiger partial charge is 0.497 e. The van der Waals surface area contributed by atoms with Gasteiger partial charge in [-0.3, -0.25) is 0 Å². The van der Waals surface area contributed by atoms with Crippen LogP contribution in [0.3, 0.4) is 0 Å². The SMILES string of the molecule is COc1cccc(S(=O)(=O)N2CC3(CCN(C)CC3)c3c([nH]c4cc(OC)ccc34)[C@H]2CO)c1. The molecule has 0 saturated carbocycles. The zero-order chi connectivity index (χ0) is 24.1. The Morgan fingerprint density at radius 1 is 1.09 bits per heavy atom. The predicted molar refractivity (Wildman–Crippen MR) is 130 cm³/mol. The molecule has 34 heavy (non-hydrogen) atoms. The summed E-state index contributed by atoms with van der Waals surface area (Å²) in [5.41, 5.74) is 2.44. The number of methoxy groups -OCH3 is 2. The molecule has 2 N–H and O–H groups in total. The minimum atomic E-state index is -3.90. The smallest absolute Gasteiger partial charge is 0.243 e. The lowest BCUT2D eigenvalue weighted by Crippen LogP contribution is -2.54. The predicted octanol–water partition coefficient (Wildman–Crippen LogP) is 2.89. The van der Waals surface area contributed by atoms with Gasteiger partial charge in [-0.05, 0) is 62.8 Å². The highest BCUT2D eigenvalue weighted by Crippen LogP contribution is 2.50. The number of nitrogens with one attached hydrogen (secondary N) is 1. The number of hydrogen-bond acceptors (Lipinski definition) is 6. The summed E-state index contributed by atoms with van der Waals surface area (Å²) in [5, 5.41) is 11.6. The fourth-order valence-corrected chi connectivity index (χ4v) is 7.27. The number of aromatic amines is 1. The lowest BCUT2D eigenvalue weighted by Gasteiger charge is -2.49. The third-order valence-corrected chi connectivity index (χ3v) is 9.32. The summed E-state index contributed by atoms with van der Waals surface area (Å²) < 4.78 is 40.1. The molecule has 2 aromatic carbocycles. The van der Waals surface area contributed by atoms with Crippen molar-refractivity contribution >= 4 is 20.9 Å². The second-order valence-electron chi connectivity index (χ2n) is 9.34. The molecule has 0 radical (unpaired) electrons. The monoisotopic (exact) mass is 485 g/mol. The van der Waals surface area contributed by atoms with Gasteiger partial charge < -0.3 is 24.5 Å². The van der Waals surface area contributed by atoms with Crippen molar-refractivity contribution in [1.82, 2.24) is 14.2 Å². The molecule has 2 aliphatic heterocycles. The average Bonchev–Trinajstić information content (AvgIpc) is 3.25. The van der Waals surface area contributed by atoms with Crippen molar-refractivity contribution in [2.75, 3.05) is 47.5 Å². The number of likely N-dealkylation sites (tertiary alicyclic amines) is 1. The first-order valence-corrected chi connectivity index (χ1v) is 12.9. The molecular weight excluding hydrogens is 454 g/mol. The van der Waals surface area contributed by atoms with E-state index in [0.717, 1.165) is 53.8 Å². The zero-order valence-corrected chi connectivity index (χ0v) is 20.6. The number of ether oxygens (including phenoxy) is 2. The van der Waals surface area contributed by atoms with Crippen LogP contribution in [0, 0.1) is 0 Å². The highest BCUT2D eigenvalue weighted by atomic mass is 32.2. The van der Waals surface area contributed by atoms with Gasteiger partial charge in [0.25, 0.3) is 0 Å². The number of aliphatic hydroxyl groups is 1. The van der Waals surface area contributed by atoms with Gasteiger partial charge in [-0.2, -0.15) is 4.31 Å². The molecule has 1 saturated heterocycles. The van der Waals surface area contributed by atoms with Gasteiger partial charge in [0.2, 0.25) is 10.0 Å². The second kappa shape index (κ2) is 8.57. The Morgan fingerprint density at radius 2 is 1.79 bits per heavy atom. The van der Waals surface area contributed by atoms with Crippen LogP contribution in [-0.2, 0) is 15.4 Å². The first-order valence-electron chi connectivity index (χ1n) is 11.5. The molecule has 5 rings (SSSR count). The van der Waals surface area contributed by atoms with E-state index < -0.39 is 16.1 Å². The summed E-state index contributed by atoms with van der Waals surface area (Å²) in [7, 11) is 1.33. The first-order chi connectivity index (χ1) is 16.3. The normalized spacial score (nSPS) is 21.0. The number of fused-ring (bicyclic) bond motifs is 4. The van der Waals surface area contributed by atoms with E-state index >= 15 is 0 Å². The minimum Gasteiger partial charge on any atom is -0.497 e. The highest BCUT2D eigenvalue weighted by molar-refractivity contribution is 7.89. The van der Waals surface area contributed by atoms with Crippen molar-refractivity contribution < 1.29 is 23.0 Å². The molecule has 1 fully saturated rings. The Labute approximate surface area is 200 Å². The van der Waals surface area contributed by atoms with Crippen LogP contribution in [0.25, 0.3) is 10.9 Å². The topological polar surface area (TPSA) is 95.1 Å².